The van der Waals surface area contributed by atoms with Crippen molar-refractivity contribution in [1.82, 2.24) is 5.32 Å². The molecule has 2 aromatic rings. The lowest BCUT2D eigenvalue weighted by molar-refractivity contribution is -0.130. The smallest absolute Gasteiger partial charge is 0.249 e. The van der Waals surface area contributed by atoms with Gasteiger partial charge in [0.1, 0.15) is 29.5 Å². The molecular formula is C22H24ClNO5. The molecule has 7 heteroatoms. The van der Waals surface area contributed by atoms with Crippen molar-refractivity contribution in [3.63, 3.8) is 0 Å². The number of ether oxygens (including phenoxy) is 4. The summed E-state index contributed by atoms with van der Waals surface area (Å²) >= 11 is 6.52. The van der Waals surface area contributed by atoms with Gasteiger partial charge in [-0.25, -0.2) is 0 Å². The summed E-state index contributed by atoms with van der Waals surface area (Å²) in [6, 6.07) is 9.57. The van der Waals surface area contributed by atoms with Gasteiger partial charge in [-0.1, -0.05) is 11.6 Å². The highest BCUT2D eigenvalue weighted by atomic mass is 35.5. The predicted octanol–water partition coefficient (Wildman–Crippen LogP) is 3.62. The van der Waals surface area contributed by atoms with Gasteiger partial charge in [0.25, 0.3) is 0 Å². The van der Waals surface area contributed by atoms with Crippen LogP contribution in [0.25, 0.3) is 11.1 Å². The molecule has 0 bridgehead atoms. The van der Waals surface area contributed by atoms with Crippen molar-refractivity contribution >= 4 is 17.5 Å². The number of hydrogen-bond acceptors (Lipinski definition) is 5. The number of halogens is 1. The number of benzene rings is 2. The first-order chi connectivity index (χ1) is 14.1. The maximum Gasteiger partial charge on any atom is 0.249 e. The molecule has 29 heavy (non-hydrogen) atoms. The maximum absolute atomic E-state index is 12.2. The summed E-state index contributed by atoms with van der Waals surface area (Å²) in [5, 5.41) is 3.47. The third kappa shape index (κ3) is 4.14. The predicted molar refractivity (Wildman–Crippen MR) is 110 cm³/mol. The quantitative estimate of drug-likeness (QED) is 0.777. The van der Waals surface area contributed by atoms with Crippen LogP contribution in [0.15, 0.2) is 30.3 Å². The average molecular weight is 418 g/mol. The number of fused-ring (bicyclic) bond motifs is 1. The molecule has 2 aromatic carbocycles. The SMILES string of the molecule is COc1ccc(OC)c(-c2cc(Cl)c3c(c2)C[C@@H](CNC(=O)[C@H]2CCCO2)O3)c1. The van der Waals surface area contributed by atoms with Crippen LogP contribution >= 0.6 is 11.6 Å². The summed E-state index contributed by atoms with van der Waals surface area (Å²) in [6.07, 6.45) is 1.87. The molecule has 0 aliphatic carbocycles. The molecule has 1 amide bonds. The second kappa shape index (κ2) is 8.51. The Hall–Kier alpha value is -2.44. The van der Waals surface area contributed by atoms with Crippen LogP contribution in [0.4, 0.5) is 0 Å². The molecule has 0 aromatic heterocycles. The Labute approximate surface area is 175 Å². The van der Waals surface area contributed by atoms with E-state index in [1.165, 1.54) is 0 Å². The topological polar surface area (TPSA) is 66.0 Å². The standard InChI is InChI=1S/C22H24ClNO5/c1-26-15-5-6-19(27-2)17(11-15)13-8-14-9-16(29-21(14)18(23)10-13)12-24-22(25)20-4-3-7-28-20/h5-6,8,10-11,16,20H,3-4,7,9,12H2,1-2H3,(H,24,25)/t16-,20+/m0/s1. The number of nitrogens with one attached hydrogen (secondary N) is 1. The van der Waals surface area contributed by atoms with Gasteiger partial charge in [0.15, 0.2) is 0 Å². The Bertz CT molecular complexity index is 910. The molecule has 2 atom stereocenters. The minimum Gasteiger partial charge on any atom is -0.497 e. The van der Waals surface area contributed by atoms with Crippen LogP contribution in [-0.2, 0) is 16.0 Å². The first-order valence-electron chi connectivity index (χ1n) is 9.70. The van der Waals surface area contributed by atoms with Crippen molar-refractivity contribution < 1.29 is 23.7 Å². The first kappa shape index (κ1) is 19.9. The van der Waals surface area contributed by atoms with Gasteiger partial charge < -0.3 is 24.3 Å². The molecular weight excluding hydrogens is 394 g/mol. The van der Waals surface area contributed by atoms with E-state index in [1.54, 1.807) is 14.2 Å². The van der Waals surface area contributed by atoms with Gasteiger partial charge in [-0.15, -0.1) is 0 Å². The van der Waals surface area contributed by atoms with Crippen molar-refractivity contribution in [2.75, 3.05) is 27.4 Å². The molecule has 1 N–H and O–H groups in total. The lowest BCUT2D eigenvalue weighted by Gasteiger charge is -2.14. The van der Waals surface area contributed by atoms with Crippen LogP contribution in [0.5, 0.6) is 17.2 Å². The van der Waals surface area contributed by atoms with E-state index in [0.29, 0.717) is 30.3 Å². The summed E-state index contributed by atoms with van der Waals surface area (Å²) in [5.74, 6) is 2.08. The fourth-order valence-corrected chi connectivity index (χ4v) is 4.09. The molecule has 0 radical (unpaired) electrons. The molecule has 2 aliphatic rings. The lowest BCUT2D eigenvalue weighted by atomic mass is 9.99. The van der Waals surface area contributed by atoms with Crippen LogP contribution in [-0.4, -0.2) is 45.5 Å². The monoisotopic (exact) mass is 417 g/mol. The van der Waals surface area contributed by atoms with Gasteiger partial charge in [-0.3, -0.25) is 4.79 Å². The third-order valence-corrected chi connectivity index (χ3v) is 5.58. The van der Waals surface area contributed by atoms with E-state index < -0.39 is 0 Å². The van der Waals surface area contributed by atoms with Crippen LogP contribution in [0.2, 0.25) is 5.02 Å². The van der Waals surface area contributed by atoms with Crippen molar-refractivity contribution in [3.05, 3.63) is 40.9 Å². The Morgan fingerprint density at radius 1 is 1.24 bits per heavy atom. The second-order valence-corrected chi connectivity index (χ2v) is 7.61. The number of methoxy groups -OCH3 is 2. The van der Waals surface area contributed by atoms with Crippen LogP contribution in [0.1, 0.15) is 18.4 Å². The van der Waals surface area contributed by atoms with E-state index in [0.717, 1.165) is 41.0 Å². The van der Waals surface area contributed by atoms with Crippen molar-refractivity contribution in [2.45, 2.75) is 31.5 Å². The average Bonchev–Trinajstić information content (AvgIpc) is 3.41. The largest absolute Gasteiger partial charge is 0.497 e. The second-order valence-electron chi connectivity index (χ2n) is 7.20. The number of carbonyl (C=O) groups is 1. The van der Waals surface area contributed by atoms with Gasteiger partial charge >= 0.3 is 0 Å². The highest BCUT2D eigenvalue weighted by Crippen LogP contribution is 2.42. The number of hydrogen-bond donors (Lipinski definition) is 1. The van der Waals surface area contributed by atoms with Crippen LogP contribution in [0, 0.1) is 0 Å². The highest BCUT2D eigenvalue weighted by Gasteiger charge is 2.29. The van der Waals surface area contributed by atoms with Crippen molar-refractivity contribution in [1.29, 1.82) is 0 Å². The van der Waals surface area contributed by atoms with E-state index in [2.05, 4.69) is 11.4 Å². The molecule has 0 spiro atoms. The van der Waals surface area contributed by atoms with E-state index in [-0.39, 0.29) is 18.1 Å². The first-order valence-corrected chi connectivity index (χ1v) is 10.1. The Morgan fingerprint density at radius 3 is 2.83 bits per heavy atom. The number of rotatable bonds is 6. The van der Waals surface area contributed by atoms with E-state index in [9.17, 15) is 4.79 Å². The molecule has 1 saturated heterocycles. The summed E-state index contributed by atoms with van der Waals surface area (Å²) in [4.78, 5) is 12.2. The van der Waals surface area contributed by atoms with E-state index in [1.807, 2.05) is 24.3 Å². The van der Waals surface area contributed by atoms with E-state index >= 15 is 0 Å². The minimum atomic E-state index is -0.338. The van der Waals surface area contributed by atoms with Crippen LogP contribution < -0.4 is 19.5 Å². The summed E-state index contributed by atoms with van der Waals surface area (Å²) in [7, 11) is 3.26. The van der Waals surface area contributed by atoms with Gasteiger partial charge in [-0.2, -0.15) is 0 Å². The van der Waals surface area contributed by atoms with Crippen molar-refractivity contribution in [2.24, 2.45) is 0 Å². The fourth-order valence-electron chi connectivity index (χ4n) is 3.81. The molecule has 1 fully saturated rings. The van der Waals surface area contributed by atoms with Gasteiger partial charge in [0.2, 0.25) is 5.91 Å². The molecule has 0 saturated carbocycles. The zero-order valence-electron chi connectivity index (χ0n) is 16.5. The summed E-state index contributed by atoms with van der Waals surface area (Å²) in [6.45, 7) is 1.07. The molecule has 2 heterocycles. The molecule has 2 aliphatic heterocycles. The lowest BCUT2D eigenvalue weighted by Crippen LogP contribution is -2.40. The fraction of sp³-hybridized carbons (Fsp3) is 0.409. The van der Waals surface area contributed by atoms with Crippen molar-refractivity contribution in [3.8, 4) is 28.4 Å². The normalized spacial score (nSPS) is 20.1. The third-order valence-electron chi connectivity index (χ3n) is 5.30. The Balaban J connectivity index is 1.50. The van der Waals surface area contributed by atoms with Gasteiger partial charge in [-0.05, 0) is 48.7 Å². The highest BCUT2D eigenvalue weighted by molar-refractivity contribution is 6.32. The number of carbonyl (C=O) groups excluding carboxylic acids is 1. The zero-order chi connectivity index (χ0) is 20.4. The molecule has 6 nitrogen and oxygen atoms in total. The zero-order valence-corrected chi connectivity index (χ0v) is 17.3. The maximum atomic E-state index is 12.2. The summed E-state index contributed by atoms with van der Waals surface area (Å²) in [5.41, 5.74) is 2.83. The molecule has 4 rings (SSSR count). The van der Waals surface area contributed by atoms with Crippen LogP contribution in [0.3, 0.4) is 0 Å². The van der Waals surface area contributed by atoms with E-state index in [4.69, 9.17) is 30.5 Å². The Morgan fingerprint density at radius 2 is 2.10 bits per heavy atom. The minimum absolute atomic E-state index is 0.0741. The molecule has 154 valence electrons. The Kier molecular flexibility index (Phi) is 5.83. The number of amides is 1. The van der Waals surface area contributed by atoms with Gasteiger partial charge in [0, 0.05) is 24.2 Å². The molecule has 0 unspecified atom stereocenters. The van der Waals surface area contributed by atoms with Gasteiger partial charge in [0.05, 0.1) is 25.8 Å². The summed E-state index contributed by atoms with van der Waals surface area (Å²) < 4.78 is 22.3.